The van der Waals surface area contributed by atoms with Crippen molar-refractivity contribution in [3.8, 4) is 5.75 Å². The molecule has 0 bridgehead atoms. The Balaban J connectivity index is 1.25. The molecule has 1 aromatic carbocycles. The van der Waals surface area contributed by atoms with Gasteiger partial charge in [-0.3, -0.25) is 14.6 Å². The Bertz CT molecular complexity index is 1090. The molecule has 0 unspecified atom stereocenters. The van der Waals surface area contributed by atoms with E-state index in [9.17, 15) is 9.59 Å². The van der Waals surface area contributed by atoms with Crippen molar-refractivity contribution in [1.29, 1.82) is 0 Å². The van der Waals surface area contributed by atoms with Crippen molar-refractivity contribution in [1.82, 2.24) is 24.8 Å². The van der Waals surface area contributed by atoms with Gasteiger partial charge in [-0.15, -0.1) is 11.3 Å². The fraction of sp³-hybridized carbons (Fsp3) is 0.261. The minimum atomic E-state index is -0.159. The summed E-state index contributed by atoms with van der Waals surface area (Å²) < 4.78 is 5.75. The average molecular weight is 450 g/mol. The Morgan fingerprint density at radius 3 is 2.50 bits per heavy atom. The molecule has 0 spiro atoms. The first-order chi connectivity index (χ1) is 15.6. The summed E-state index contributed by atoms with van der Waals surface area (Å²) in [5.41, 5.74) is 2.15. The van der Waals surface area contributed by atoms with E-state index in [1.165, 1.54) is 18.6 Å². The summed E-state index contributed by atoms with van der Waals surface area (Å²) in [6.45, 7) is 4.31. The van der Waals surface area contributed by atoms with Crippen LogP contribution in [0, 0.1) is 6.92 Å². The molecule has 8 nitrogen and oxygen atoms in total. The molecule has 1 aliphatic heterocycles. The van der Waals surface area contributed by atoms with Crippen LogP contribution in [-0.2, 0) is 11.4 Å². The summed E-state index contributed by atoms with van der Waals surface area (Å²) >= 11 is 1.60. The Hall–Kier alpha value is -3.59. The van der Waals surface area contributed by atoms with Crippen molar-refractivity contribution in [3.63, 3.8) is 0 Å². The first kappa shape index (κ1) is 21.6. The molecule has 9 heteroatoms. The SMILES string of the molecule is Cc1nc(COc2ccc(/C=C/C(=O)N3CCN(C(=O)c4cnccn4)CC3)cc2)cs1. The minimum Gasteiger partial charge on any atom is -0.487 e. The number of carbonyl (C=O) groups is 2. The molecule has 4 rings (SSSR count). The van der Waals surface area contributed by atoms with Crippen LogP contribution < -0.4 is 4.74 Å². The number of rotatable bonds is 6. The van der Waals surface area contributed by atoms with E-state index in [1.54, 1.807) is 33.3 Å². The summed E-state index contributed by atoms with van der Waals surface area (Å²) in [5.74, 6) is 0.520. The van der Waals surface area contributed by atoms with Crippen LogP contribution in [0.3, 0.4) is 0 Å². The molecule has 2 amide bonds. The third-order valence-corrected chi connectivity index (χ3v) is 5.83. The van der Waals surface area contributed by atoms with Crippen LogP contribution in [0.2, 0.25) is 0 Å². The topological polar surface area (TPSA) is 88.5 Å². The lowest BCUT2D eigenvalue weighted by molar-refractivity contribution is -0.127. The predicted molar refractivity (Wildman–Crippen MR) is 121 cm³/mol. The molecule has 2 aromatic heterocycles. The van der Waals surface area contributed by atoms with E-state index in [1.807, 2.05) is 36.6 Å². The normalized spacial score (nSPS) is 14.0. The highest BCUT2D eigenvalue weighted by atomic mass is 32.1. The molecule has 3 aromatic rings. The average Bonchev–Trinajstić information content (AvgIpc) is 3.27. The molecule has 0 atom stereocenters. The molecule has 0 N–H and O–H groups in total. The number of hydrogen-bond acceptors (Lipinski definition) is 7. The number of thiazole rings is 1. The lowest BCUT2D eigenvalue weighted by atomic mass is 10.2. The molecule has 1 saturated heterocycles. The van der Waals surface area contributed by atoms with Gasteiger partial charge >= 0.3 is 0 Å². The van der Waals surface area contributed by atoms with E-state index in [2.05, 4.69) is 15.0 Å². The fourth-order valence-electron chi connectivity index (χ4n) is 3.28. The number of benzene rings is 1. The first-order valence-electron chi connectivity index (χ1n) is 10.2. The van der Waals surface area contributed by atoms with E-state index >= 15 is 0 Å². The summed E-state index contributed by atoms with van der Waals surface area (Å²) in [4.78, 5) is 40.8. The van der Waals surface area contributed by atoms with Gasteiger partial charge in [0.15, 0.2) is 0 Å². The number of carbonyl (C=O) groups excluding carboxylic acids is 2. The largest absolute Gasteiger partial charge is 0.487 e. The maximum Gasteiger partial charge on any atom is 0.274 e. The van der Waals surface area contributed by atoms with Gasteiger partial charge in [-0.25, -0.2) is 9.97 Å². The summed E-state index contributed by atoms with van der Waals surface area (Å²) in [6.07, 6.45) is 7.84. The summed E-state index contributed by atoms with van der Waals surface area (Å²) in [7, 11) is 0. The first-order valence-corrected chi connectivity index (χ1v) is 11.1. The smallest absolute Gasteiger partial charge is 0.274 e. The van der Waals surface area contributed by atoms with Crippen molar-refractivity contribution < 1.29 is 14.3 Å². The third-order valence-electron chi connectivity index (χ3n) is 5.01. The van der Waals surface area contributed by atoms with Crippen molar-refractivity contribution in [2.75, 3.05) is 26.2 Å². The van der Waals surface area contributed by atoms with Crippen LogP contribution in [-0.4, -0.2) is 62.7 Å². The molecule has 0 aliphatic carbocycles. The van der Waals surface area contributed by atoms with Crippen LogP contribution in [0.25, 0.3) is 6.08 Å². The standard InChI is InChI=1S/C23H23N5O3S/c1-17-26-19(16-32-17)15-31-20-5-2-18(3-6-20)4-7-22(29)27-10-12-28(13-11-27)23(30)21-14-24-8-9-25-21/h2-9,14,16H,10-13,15H2,1H3/b7-4+. The van der Waals surface area contributed by atoms with E-state index in [4.69, 9.17) is 4.74 Å². The van der Waals surface area contributed by atoms with Crippen molar-refractivity contribution >= 4 is 29.2 Å². The van der Waals surface area contributed by atoms with E-state index in [0.29, 0.717) is 38.5 Å². The number of aromatic nitrogens is 3. The van der Waals surface area contributed by atoms with E-state index < -0.39 is 0 Å². The molecule has 32 heavy (non-hydrogen) atoms. The maximum atomic E-state index is 12.5. The zero-order valence-corrected chi connectivity index (χ0v) is 18.5. The van der Waals surface area contributed by atoms with Crippen LogP contribution >= 0.6 is 11.3 Å². The highest BCUT2D eigenvalue weighted by molar-refractivity contribution is 7.09. The number of aryl methyl sites for hydroxylation is 1. The number of hydrogen-bond donors (Lipinski definition) is 0. The second kappa shape index (κ2) is 10.1. The Kier molecular flexibility index (Phi) is 6.86. The van der Waals surface area contributed by atoms with E-state index in [0.717, 1.165) is 22.0 Å². The van der Waals surface area contributed by atoms with E-state index in [-0.39, 0.29) is 11.8 Å². The Morgan fingerprint density at radius 2 is 1.84 bits per heavy atom. The lowest BCUT2D eigenvalue weighted by Crippen LogP contribution is -2.50. The third kappa shape index (κ3) is 5.55. The van der Waals surface area contributed by atoms with Crippen LogP contribution in [0.15, 0.2) is 54.3 Å². The summed E-state index contributed by atoms with van der Waals surface area (Å²) in [5, 5.41) is 3.01. The van der Waals surface area contributed by atoms with Gasteiger partial charge in [0, 0.05) is 50.0 Å². The molecular formula is C23H23N5O3S. The zero-order valence-electron chi connectivity index (χ0n) is 17.7. The molecule has 1 fully saturated rings. The van der Waals surface area contributed by atoms with Gasteiger partial charge in [0.25, 0.3) is 5.91 Å². The van der Waals surface area contributed by atoms with Crippen molar-refractivity contribution in [2.45, 2.75) is 13.5 Å². The fourth-order valence-corrected chi connectivity index (χ4v) is 3.88. The highest BCUT2D eigenvalue weighted by Crippen LogP contribution is 2.16. The monoisotopic (exact) mass is 449 g/mol. The minimum absolute atomic E-state index is 0.0733. The molecule has 0 radical (unpaired) electrons. The van der Waals surface area contributed by atoms with Gasteiger partial charge in [0.2, 0.25) is 5.91 Å². The quantitative estimate of drug-likeness (QED) is 0.538. The molecule has 3 heterocycles. The van der Waals surface area contributed by atoms with Gasteiger partial charge in [-0.2, -0.15) is 0 Å². The van der Waals surface area contributed by atoms with Crippen molar-refractivity contribution in [3.05, 3.63) is 76.3 Å². The second-order valence-electron chi connectivity index (χ2n) is 7.26. The van der Waals surface area contributed by atoms with Crippen LogP contribution in [0.5, 0.6) is 5.75 Å². The highest BCUT2D eigenvalue weighted by Gasteiger charge is 2.24. The number of ether oxygens (including phenoxy) is 1. The van der Waals surface area contributed by atoms with Crippen LogP contribution in [0.1, 0.15) is 26.8 Å². The number of nitrogens with zero attached hydrogens (tertiary/aromatic N) is 5. The van der Waals surface area contributed by atoms with Gasteiger partial charge < -0.3 is 14.5 Å². The Morgan fingerprint density at radius 1 is 1.09 bits per heavy atom. The number of piperazine rings is 1. The molecule has 1 aliphatic rings. The Labute approximate surface area is 190 Å². The molecule has 164 valence electrons. The number of amides is 2. The molecular weight excluding hydrogens is 426 g/mol. The lowest BCUT2D eigenvalue weighted by Gasteiger charge is -2.34. The summed E-state index contributed by atoms with van der Waals surface area (Å²) in [6, 6.07) is 7.56. The van der Waals surface area contributed by atoms with Crippen molar-refractivity contribution in [2.24, 2.45) is 0 Å². The predicted octanol–water partition coefficient (Wildman–Crippen LogP) is 2.82. The second-order valence-corrected chi connectivity index (χ2v) is 8.32. The van der Waals surface area contributed by atoms with Gasteiger partial charge in [0.1, 0.15) is 18.1 Å². The van der Waals surface area contributed by atoms with Gasteiger partial charge in [0.05, 0.1) is 16.9 Å². The van der Waals surface area contributed by atoms with Crippen LogP contribution in [0.4, 0.5) is 0 Å². The zero-order chi connectivity index (χ0) is 22.3. The maximum absolute atomic E-state index is 12.5. The molecule has 0 saturated carbocycles. The van der Waals surface area contributed by atoms with Gasteiger partial charge in [-0.05, 0) is 30.7 Å². The van der Waals surface area contributed by atoms with Gasteiger partial charge in [-0.1, -0.05) is 12.1 Å².